The first-order valence-corrected chi connectivity index (χ1v) is 9.33. The lowest BCUT2D eigenvalue weighted by Gasteiger charge is -2.13. The Morgan fingerprint density at radius 3 is 2.18 bits per heavy atom. The van der Waals surface area contributed by atoms with Crippen LogP contribution >= 0.6 is 0 Å². The number of nitrogens with zero attached hydrogens (tertiary/aromatic N) is 3. The van der Waals surface area contributed by atoms with E-state index in [2.05, 4.69) is 69.0 Å². The minimum atomic E-state index is 0.250. The van der Waals surface area contributed by atoms with Gasteiger partial charge in [-0.25, -0.2) is 0 Å². The number of aromatic amines is 1. The highest BCUT2D eigenvalue weighted by atomic mass is 16.5. The number of H-pyrrole nitrogens is 1. The summed E-state index contributed by atoms with van der Waals surface area (Å²) in [6, 6.07) is 17.1. The average molecular weight is 373 g/mol. The zero-order valence-corrected chi connectivity index (χ0v) is 16.2. The van der Waals surface area contributed by atoms with Gasteiger partial charge >= 0.3 is 0 Å². The zero-order valence-electron chi connectivity index (χ0n) is 16.2. The lowest BCUT2D eigenvalue weighted by atomic mass is 10.0. The molecule has 0 aliphatic carbocycles. The van der Waals surface area contributed by atoms with Gasteiger partial charge in [0.25, 0.3) is 0 Å². The fourth-order valence-electron chi connectivity index (χ4n) is 3.22. The van der Waals surface area contributed by atoms with Crippen LogP contribution < -0.4 is 5.32 Å². The van der Waals surface area contributed by atoms with Gasteiger partial charge in [-0.15, -0.1) is 0 Å². The second kappa shape index (κ2) is 7.78. The van der Waals surface area contributed by atoms with E-state index in [0.29, 0.717) is 11.7 Å². The van der Waals surface area contributed by atoms with Crippen molar-refractivity contribution in [3.05, 3.63) is 77.4 Å². The predicted molar refractivity (Wildman–Crippen MR) is 108 cm³/mol. The summed E-state index contributed by atoms with van der Waals surface area (Å²) in [5.74, 6) is 1.19. The number of aryl methyl sites for hydroxylation is 2. The Morgan fingerprint density at radius 1 is 0.964 bits per heavy atom. The van der Waals surface area contributed by atoms with Crippen LogP contribution in [0.3, 0.4) is 0 Å². The highest BCUT2D eigenvalue weighted by Crippen LogP contribution is 2.24. The molecule has 28 heavy (non-hydrogen) atoms. The average Bonchev–Trinajstić information content (AvgIpc) is 3.35. The SMILES string of the molecule is Cc1nc(-c2ccc(-c3ccc(CNC(C)c4cn[nH]c4C)cc3)cc2)no1. The minimum Gasteiger partial charge on any atom is -0.339 e. The van der Waals surface area contributed by atoms with Crippen molar-refractivity contribution in [3.8, 4) is 22.5 Å². The molecule has 0 bridgehead atoms. The van der Waals surface area contributed by atoms with Crippen LogP contribution in [0.2, 0.25) is 0 Å². The second-order valence-electron chi connectivity index (χ2n) is 6.96. The minimum absolute atomic E-state index is 0.250. The molecular weight excluding hydrogens is 350 g/mol. The third kappa shape index (κ3) is 3.87. The second-order valence-corrected chi connectivity index (χ2v) is 6.96. The summed E-state index contributed by atoms with van der Waals surface area (Å²) in [4.78, 5) is 4.26. The summed E-state index contributed by atoms with van der Waals surface area (Å²) < 4.78 is 5.04. The summed E-state index contributed by atoms with van der Waals surface area (Å²) in [7, 11) is 0. The first kappa shape index (κ1) is 18.1. The molecule has 2 aromatic carbocycles. The molecule has 6 heteroatoms. The Morgan fingerprint density at radius 2 is 1.61 bits per heavy atom. The van der Waals surface area contributed by atoms with Gasteiger partial charge in [-0.3, -0.25) is 5.10 Å². The normalized spacial score (nSPS) is 12.2. The fourth-order valence-corrected chi connectivity index (χ4v) is 3.22. The van der Waals surface area contributed by atoms with E-state index in [-0.39, 0.29) is 6.04 Å². The van der Waals surface area contributed by atoms with Crippen molar-refractivity contribution in [2.45, 2.75) is 33.4 Å². The van der Waals surface area contributed by atoms with Crippen molar-refractivity contribution in [2.24, 2.45) is 0 Å². The first-order valence-electron chi connectivity index (χ1n) is 9.33. The van der Waals surface area contributed by atoms with E-state index >= 15 is 0 Å². The number of hydrogen-bond acceptors (Lipinski definition) is 5. The van der Waals surface area contributed by atoms with E-state index in [1.165, 1.54) is 16.7 Å². The van der Waals surface area contributed by atoms with E-state index in [1.807, 2.05) is 25.3 Å². The molecule has 4 aromatic rings. The summed E-state index contributed by atoms with van der Waals surface area (Å²) in [6.07, 6.45) is 1.88. The van der Waals surface area contributed by atoms with Crippen LogP contribution in [-0.2, 0) is 6.54 Å². The third-order valence-electron chi connectivity index (χ3n) is 4.91. The van der Waals surface area contributed by atoms with E-state index in [1.54, 1.807) is 6.92 Å². The van der Waals surface area contributed by atoms with Gasteiger partial charge in [0.05, 0.1) is 6.20 Å². The molecule has 0 aliphatic rings. The third-order valence-corrected chi connectivity index (χ3v) is 4.91. The van der Waals surface area contributed by atoms with E-state index in [4.69, 9.17) is 4.52 Å². The van der Waals surface area contributed by atoms with Crippen LogP contribution in [0.1, 0.15) is 35.7 Å². The molecule has 1 atom stereocenters. The number of hydrogen-bond donors (Lipinski definition) is 2. The molecule has 2 aromatic heterocycles. The van der Waals surface area contributed by atoms with Crippen molar-refractivity contribution >= 4 is 0 Å². The molecule has 0 fully saturated rings. The van der Waals surface area contributed by atoms with E-state index in [0.717, 1.165) is 23.4 Å². The standard InChI is InChI=1S/C22H23N5O/c1-14(21-13-24-26-15(21)2)23-12-17-4-6-18(7-5-17)19-8-10-20(11-9-19)22-25-16(3)28-27-22/h4-11,13-14,23H,12H2,1-3H3,(H,24,26). The van der Waals surface area contributed by atoms with Crippen molar-refractivity contribution in [1.29, 1.82) is 0 Å². The highest BCUT2D eigenvalue weighted by Gasteiger charge is 2.10. The van der Waals surface area contributed by atoms with Gasteiger partial charge in [0.2, 0.25) is 11.7 Å². The Labute approximate surface area is 164 Å². The van der Waals surface area contributed by atoms with Crippen LogP contribution in [0.15, 0.2) is 59.3 Å². The largest absolute Gasteiger partial charge is 0.339 e. The molecule has 0 saturated heterocycles. The number of nitrogens with one attached hydrogen (secondary N) is 2. The maximum absolute atomic E-state index is 5.04. The summed E-state index contributed by atoms with van der Waals surface area (Å²) in [5, 5.41) is 14.6. The van der Waals surface area contributed by atoms with Crippen molar-refractivity contribution in [1.82, 2.24) is 25.7 Å². The molecule has 1 unspecified atom stereocenters. The fraction of sp³-hybridized carbons (Fsp3) is 0.227. The van der Waals surface area contributed by atoms with Crippen molar-refractivity contribution < 1.29 is 4.52 Å². The van der Waals surface area contributed by atoms with E-state index in [9.17, 15) is 0 Å². The van der Waals surface area contributed by atoms with Crippen LogP contribution in [-0.4, -0.2) is 20.3 Å². The van der Waals surface area contributed by atoms with E-state index < -0.39 is 0 Å². The van der Waals surface area contributed by atoms with Crippen LogP contribution in [0.25, 0.3) is 22.5 Å². The molecule has 0 saturated carbocycles. The van der Waals surface area contributed by atoms with Gasteiger partial charge < -0.3 is 9.84 Å². The van der Waals surface area contributed by atoms with Crippen LogP contribution in [0.5, 0.6) is 0 Å². The van der Waals surface area contributed by atoms with Gasteiger partial charge in [-0.2, -0.15) is 10.1 Å². The molecule has 0 aliphatic heterocycles. The quantitative estimate of drug-likeness (QED) is 0.516. The Bertz CT molecular complexity index is 1050. The molecule has 2 N–H and O–H groups in total. The molecule has 4 rings (SSSR count). The molecule has 2 heterocycles. The molecule has 0 radical (unpaired) electrons. The maximum atomic E-state index is 5.04. The highest BCUT2D eigenvalue weighted by molar-refractivity contribution is 5.67. The van der Waals surface area contributed by atoms with Crippen molar-refractivity contribution in [3.63, 3.8) is 0 Å². The lowest BCUT2D eigenvalue weighted by molar-refractivity contribution is 0.394. The van der Waals surface area contributed by atoms with Crippen molar-refractivity contribution in [2.75, 3.05) is 0 Å². The Hall–Kier alpha value is -3.25. The monoisotopic (exact) mass is 373 g/mol. The number of benzene rings is 2. The van der Waals surface area contributed by atoms with Crippen LogP contribution in [0, 0.1) is 13.8 Å². The topological polar surface area (TPSA) is 79.6 Å². The molecule has 142 valence electrons. The molecule has 6 nitrogen and oxygen atoms in total. The van der Waals surface area contributed by atoms with Gasteiger partial charge in [0.15, 0.2) is 0 Å². The summed E-state index contributed by atoms with van der Waals surface area (Å²) in [5.41, 5.74) is 6.84. The summed E-state index contributed by atoms with van der Waals surface area (Å²) in [6.45, 7) is 6.79. The number of aromatic nitrogens is 4. The molecule has 0 amide bonds. The Balaban J connectivity index is 1.41. The lowest BCUT2D eigenvalue weighted by Crippen LogP contribution is -2.18. The smallest absolute Gasteiger partial charge is 0.223 e. The predicted octanol–water partition coefficient (Wildman–Crippen LogP) is 4.59. The summed E-state index contributed by atoms with van der Waals surface area (Å²) >= 11 is 0. The molecule has 0 spiro atoms. The van der Waals surface area contributed by atoms with Crippen LogP contribution in [0.4, 0.5) is 0 Å². The van der Waals surface area contributed by atoms with Gasteiger partial charge in [-0.1, -0.05) is 53.7 Å². The molecular formula is C22H23N5O. The van der Waals surface area contributed by atoms with Gasteiger partial charge in [0, 0.05) is 36.3 Å². The Kier molecular flexibility index (Phi) is 5.04. The van der Waals surface area contributed by atoms with Gasteiger partial charge in [0.1, 0.15) is 0 Å². The number of rotatable bonds is 6. The maximum Gasteiger partial charge on any atom is 0.223 e. The van der Waals surface area contributed by atoms with Gasteiger partial charge in [-0.05, 0) is 30.5 Å². The first-order chi connectivity index (χ1) is 13.6. The zero-order chi connectivity index (χ0) is 19.5.